The predicted molar refractivity (Wildman–Crippen MR) is 327 cm³/mol. The molecular weight excluding hydrogens is 1660 g/mol. The number of alkyl halides is 7. The molecule has 0 aliphatic rings. The molecule has 0 saturated carbocycles. The number of carboxylic acid groups (broad SMARTS) is 1. The number of aryl methyl sites for hydroxylation is 2. The van der Waals surface area contributed by atoms with Crippen LogP contribution in [0.3, 0.4) is 0 Å². The number of carbonyl (C=O) groups is 8. The van der Waals surface area contributed by atoms with Crippen molar-refractivity contribution in [1.82, 2.24) is 36.1 Å². The van der Waals surface area contributed by atoms with E-state index in [2.05, 4.69) is 184 Å². The minimum absolute atomic E-state index is 0. The van der Waals surface area contributed by atoms with Crippen LogP contribution in [0, 0.1) is 13.8 Å². The Bertz CT molecular complexity index is 1410. The van der Waals surface area contributed by atoms with Gasteiger partial charge in [-0.25, -0.2) is 14.6 Å². The van der Waals surface area contributed by atoms with Gasteiger partial charge in [0.25, 0.3) is 0 Å². The number of likely N-dealkylation sites (N-methyl/N-ethyl adjacent to an activating group) is 2. The molecule has 19 nitrogen and oxygen atoms in total. The number of halogens is 7. The molecule has 4 unspecified atom stereocenters. The molecule has 1 heterocycles. The maximum Gasteiger partial charge on any atom is 0.408 e. The van der Waals surface area contributed by atoms with Crippen molar-refractivity contribution in [3.8, 4) is 0 Å². The Morgan fingerprint density at radius 2 is 0.985 bits per heavy atom. The highest BCUT2D eigenvalue weighted by Crippen LogP contribution is 2.16. The van der Waals surface area contributed by atoms with Crippen molar-refractivity contribution in [3.05, 3.63) is 17.8 Å². The van der Waals surface area contributed by atoms with Crippen molar-refractivity contribution in [2.45, 2.75) is 140 Å². The number of aliphatic carboxylic acids is 1. The van der Waals surface area contributed by atoms with Gasteiger partial charge in [-0.05, 0) is 86.0 Å². The van der Waals surface area contributed by atoms with Gasteiger partial charge in [0.05, 0.1) is 14.2 Å². The molecular formula is C40H78I7N7O12. The summed E-state index contributed by atoms with van der Waals surface area (Å²) >= 11 is 15.8. The van der Waals surface area contributed by atoms with E-state index < -0.39 is 47.5 Å². The molecule has 0 spiro atoms. The molecule has 0 fully saturated rings. The highest BCUT2D eigenvalue weighted by atomic mass is 127. The summed E-state index contributed by atoms with van der Waals surface area (Å²) in [7, 11) is 6.58. The van der Waals surface area contributed by atoms with Crippen molar-refractivity contribution in [2.24, 2.45) is 0 Å². The summed E-state index contributed by atoms with van der Waals surface area (Å²) < 4.78 is 16.6. The monoisotopic (exact) mass is 1740 g/mol. The molecule has 1 aromatic rings. The van der Waals surface area contributed by atoms with Gasteiger partial charge < -0.3 is 54.9 Å². The lowest BCUT2D eigenvalue weighted by atomic mass is 10.2. The summed E-state index contributed by atoms with van der Waals surface area (Å²) in [6, 6.07) is -2.29. The van der Waals surface area contributed by atoms with Crippen LogP contribution >= 0.6 is 158 Å². The molecule has 0 saturated heterocycles. The molecule has 1 rings (SSSR count). The number of alkyl carbamates (subject to hydrolysis) is 2. The highest BCUT2D eigenvalue weighted by molar-refractivity contribution is 14.3. The Kier molecular flexibility index (Phi) is 68.4. The number of aldehydes is 1. The van der Waals surface area contributed by atoms with Crippen LogP contribution in [0.5, 0.6) is 0 Å². The Morgan fingerprint density at radius 3 is 1.15 bits per heavy atom. The van der Waals surface area contributed by atoms with Gasteiger partial charge in [0.2, 0.25) is 23.6 Å². The Morgan fingerprint density at radius 1 is 0.697 bits per heavy atom. The highest BCUT2D eigenvalue weighted by Gasteiger charge is 2.22. The normalized spacial score (nSPS) is 11.0. The first-order chi connectivity index (χ1) is 29.4. The van der Waals surface area contributed by atoms with Crippen molar-refractivity contribution in [1.29, 1.82) is 0 Å². The second-order valence-electron chi connectivity index (χ2n) is 14.4. The zero-order chi connectivity index (χ0) is 54.0. The number of oxazole rings is 1. The Balaban J connectivity index is -0.0000000842. The average Bonchev–Trinajstić information content (AvgIpc) is 3.53. The summed E-state index contributed by atoms with van der Waals surface area (Å²) in [5, 5.41) is 18.0. The van der Waals surface area contributed by atoms with Crippen LogP contribution in [0.2, 0.25) is 0 Å². The van der Waals surface area contributed by atoms with E-state index >= 15 is 0 Å². The van der Waals surface area contributed by atoms with Crippen molar-refractivity contribution < 1.29 is 57.4 Å². The van der Waals surface area contributed by atoms with Crippen LogP contribution < -0.4 is 21.3 Å². The van der Waals surface area contributed by atoms with E-state index in [0.717, 1.165) is 11.5 Å². The van der Waals surface area contributed by atoms with Gasteiger partial charge in [-0.3, -0.25) is 24.0 Å². The van der Waals surface area contributed by atoms with Crippen molar-refractivity contribution in [2.75, 3.05) is 40.5 Å². The van der Waals surface area contributed by atoms with Crippen LogP contribution in [0.15, 0.2) is 10.7 Å². The zero-order valence-corrected chi connectivity index (χ0v) is 56.3. The number of nitrogens with zero attached hydrogens (tertiary/aromatic N) is 3. The summed E-state index contributed by atoms with van der Waals surface area (Å²) in [6.45, 7) is 23.2. The molecule has 394 valence electrons. The molecule has 0 bridgehead atoms. The van der Waals surface area contributed by atoms with Gasteiger partial charge in [-0.2, -0.15) is 0 Å². The third-order valence-corrected chi connectivity index (χ3v) is 5.25. The number of amides is 6. The first-order valence-electron chi connectivity index (χ1n) is 18.7. The van der Waals surface area contributed by atoms with Gasteiger partial charge in [0.15, 0.2) is 5.89 Å². The Labute approximate surface area is 491 Å². The lowest BCUT2D eigenvalue weighted by Crippen LogP contribution is -2.45. The van der Waals surface area contributed by atoms with E-state index in [4.69, 9.17) is 19.0 Å². The van der Waals surface area contributed by atoms with E-state index in [1.54, 1.807) is 96.8 Å². The van der Waals surface area contributed by atoms with E-state index in [1.807, 2.05) is 23.7 Å². The predicted octanol–water partition coefficient (Wildman–Crippen LogP) is 9.70. The molecule has 0 aromatic carbocycles. The van der Waals surface area contributed by atoms with E-state index in [9.17, 15) is 38.4 Å². The molecule has 66 heavy (non-hydrogen) atoms. The van der Waals surface area contributed by atoms with Crippen LogP contribution in [0.4, 0.5) is 9.59 Å². The lowest BCUT2D eigenvalue weighted by Gasteiger charge is -2.22. The van der Waals surface area contributed by atoms with Crippen molar-refractivity contribution in [3.63, 3.8) is 0 Å². The first-order valence-corrected chi connectivity index (χ1v) is 29.8. The topological polar surface area (TPSA) is 256 Å². The zero-order valence-electron chi connectivity index (χ0n) is 41.2. The third kappa shape index (κ3) is 78.1. The largest absolute Gasteiger partial charge is 0.480 e. The number of hydrogen-bond acceptors (Lipinski definition) is 12. The van der Waals surface area contributed by atoms with Gasteiger partial charge in [0.1, 0.15) is 41.8 Å². The lowest BCUT2D eigenvalue weighted by molar-refractivity contribution is -0.139. The standard InChI is InChI=1S/C10H20N2O3.C8H15NO4.C7H14N2O2.C5H9NO2.C5H7NO.CHI3.CH2I2.2CH3I.CH4/c1-7(8(13)12(5)6)11-9(14)15-10(2,3)4;1-5(6(10)11)9-7(12)13-8(2,3)4;1-5(8-6(2)10)7(11)9(3)4;1-4(3-7)6-5(2)8;1-4-3-7-5(2)6-4;2-1(3)4;2-1-3;2*1-2;/h7H,1-6H3,(H,11,14);5H,1-4H3,(H,9,12)(H,10,11);5H,1-4H3,(H,8,10);3-4H,1-2H3,(H,6,8);3H,1-2H3;1H;1H2;2*1H3;1H4. The number of carboxylic acids is 1. The maximum atomic E-state index is 11.4. The fourth-order valence-electron chi connectivity index (χ4n) is 3.06. The number of aromatic nitrogens is 1. The average molecular weight is 1740 g/mol. The molecule has 1 aromatic heterocycles. The SMILES string of the molecule is C.CC(=O)NC(C)C(=O)N(C)C.CC(=O)NC(C)C=O.CC(NC(=O)OC(C)(C)C)C(=O)N(C)C.CC(NC(=O)OC(C)(C)C)C(=O)O.CI.CI.Cc1coc(C)n1.IC(I)I.ICI. The third-order valence-electron chi connectivity index (χ3n) is 5.25. The summed E-state index contributed by atoms with van der Waals surface area (Å²) in [5.41, 5.74) is -0.217. The van der Waals surface area contributed by atoms with Gasteiger partial charge in [0, 0.05) is 49.0 Å². The number of carbonyl (C=O) groups excluding carboxylic acids is 7. The molecule has 4 atom stereocenters. The second kappa shape index (κ2) is 52.7. The van der Waals surface area contributed by atoms with Crippen LogP contribution in [0.25, 0.3) is 0 Å². The van der Waals surface area contributed by atoms with E-state index in [1.165, 1.54) is 33.0 Å². The van der Waals surface area contributed by atoms with Crippen LogP contribution in [-0.2, 0) is 38.2 Å². The molecule has 0 aliphatic carbocycles. The fourth-order valence-corrected chi connectivity index (χ4v) is 3.06. The van der Waals surface area contributed by atoms with Gasteiger partial charge in [-0.1, -0.05) is 166 Å². The minimum atomic E-state index is -1.09. The van der Waals surface area contributed by atoms with Crippen molar-refractivity contribution >= 4 is 206 Å². The van der Waals surface area contributed by atoms with Gasteiger partial charge in [-0.15, -0.1) is 0 Å². The minimum Gasteiger partial charge on any atom is -0.480 e. The number of rotatable bonds is 8. The maximum absolute atomic E-state index is 11.4. The Hall–Kier alpha value is -0.120. The number of hydrogen-bond donors (Lipinski definition) is 5. The fraction of sp³-hybridized carbons (Fsp3) is 0.725. The quantitative estimate of drug-likeness (QED) is 0.0924. The van der Waals surface area contributed by atoms with Crippen LogP contribution in [0.1, 0.15) is 102 Å². The first kappa shape index (κ1) is 85.7. The summed E-state index contributed by atoms with van der Waals surface area (Å²) in [4.78, 5) is 96.3. The molecule has 0 radical (unpaired) electrons. The molecule has 5 N–H and O–H groups in total. The number of ether oxygens (including phenoxy) is 2. The van der Waals surface area contributed by atoms with E-state index in [-0.39, 0.29) is 37.1 Å². The molecule has 6 amide bonds. The number of nitrogens with one attached hydrogen (secondary N) is 4. The second-order valence-corrected chi connectivity index (χ2v) is 29.8. The summed E-state index contributed by atoms with van der Waals surface area (Å²) in [6.07, 6.45) is 1.02. The molecule has 26 heteroatoms. The molecule has 0 aliphatic heterocycles. The summed E-state index contributed by atoms with van der Waals surface area (Å²) in [5.74, 6) is -0.985. The van der Waals surface area contributed by atoms with E-state index in [0.29, 0.717) is 6.29 Å². The smallest absolute Gasteiger partial charge is 0.408 e. The van der Waals surface area contributed by atoms with Crippen LogP contribution in [-0.4, -0.2) is 144 Å². The van der Waals surface area contributed by atoms with Gasteiger partial charge >= 0.3 is 18.2 Å².